The SMILES string of the molecule is CO[C@H]([C@@]1(O)[C@@H](CCO[Si](C)(C)C(C)(C)C)CCC2=CCC[C@]3(C)[C@H]1[C@H]23)P(=O)(c1ccccc1)c1ccccc1. The molecule has 3 aliphatic carbocycles. The highest BCUT2D eigenvalue weighted by Crippen LogP contribution is 2.76. The number of methoxy groups -OCH3 is 1. The van der Waals surface area contributed by atoms with Gasteiger partial charge in [-0.25, -0.2) is 0 Å². The maximum Gasteiger partial charge on any atom is 0.191 e. The number of hydrogen-bond donors (Lipinski definition) is 1. The normalized spacial score (nSPS) is 31.1. The summed E-state index contributed by atoms with van der Waals surface area (Å²) >= 11 is 0. The smallest absolute Gasteiger partial charge is 0.191 e. The van der Waals surface area contributed by atoms with Crippen LogP contribution in [0.25, 0.3) is 0 Å². The number of ether oxygens (including phenoxy) is 1. The summed E-state index contributed by atoms with van der Waals surface area (Å²) in [7, 11) is -3.71. The lowest BCUT2D eigenvalue weighted by Crippen LogP contribution is -2.55. The molecule has 4 nitrogen and oxygen atoms in total. The number of fused-ring (bicyclic) bond motifs is 1. The van der Waals surface area contributed by atoms with Crippen molar-refractivity contribution in [3.63, 3.8) is 0 Å². The first-order chi connectivity index (χ1) is 18.8. The molecule has 0 spiro atoms. The molecule has 6 atom stereocenters. The lowest BCUT2D eigenvalue weighted by atomic mass is 9.75. The van der Waals surface area contributed by atoms with Crippen LogP contribution in [0.15, 0.2) is 72.3 Å². The van der Waals surface area contributed by atoms with Gasteiger partial charge in [0.25, 0.3) is 0 Å². The first-order valence-corrected chi connectivity index (χ1v) is 19.8. The van der Waals surface area contributed by atoms with Gasteiger partial charge in [0.05, 0.1) is 0 Å². The summed E-state index contributed by atoms with van der Waals surface area (Å²) in [5.74, 6) is -0.592. The van der Waals surface area contributed by atoms with E-state index in [9.17, 15) is 5.11 Å². The van der Waals surface area contributed by atoms with Crippen LogP contribution in [0.1, 0.15) is 59.8 Å². The van der Waals surface area contributed by atoms with E-state index in [1.165, 1.54) is 5.57 Å². The molecule has 218 valence electrons. The lowest BCUT2D eigenvalue weighted by Gasteiger charge is -2.46. The van der Waals surface area contributed by atoms with Crippen molar-refractivity contribution < 1.29 is 18.8 Å². The standard InChI is InChI=1S/C34H49O4PSi/c1-32(2,3)40(6,7)38-24-22-26-21-20-25-15-14-23-33(4)29(25)30(33)34(26,35)31(37-5)39(36,27-16-10-8-11-17-27)28-18-12-9-13-19-28/h8-13,15-19,26,29-31,35H,14,20-24H2,1-7H3/t26-,29+,30-,31+,33+,34-/m1/s1. The molecular formula is C34H49O4PSi. The molecule has 0 heterocycles. The molecule has 2 saturated carbocycles. The molecule has 0 radical (unpaired) electrons. The number of aliphatic hydroxyl groups is 1. The molecular weight excluding hydrogens is 531 g/mol. The zero-order valence-electron chi connectivity index (χ0n) is 25.5. The summed E-state index contributed by atoms with van der Waals surface area (Å²) < 4.78 is 28.8. The topological polar surface area (TPSA) is 55.8 Å². The fraction of sp³-hybridized carbons (Fsp3) is 0.588. The van der Waals surface area contributed by atoms with Crippen molar-refractivity contribution in [1.29, 1.82) is 0 Å². The maximum atomic E-state index is 15.7. The summed E-state index contributed by atoms with van der Waals surface area (Å²) in [6.45, 7) is 14.3. The van der Waals surface area contributed by atoms with E-state index in [4.69, 9.17) is 9.16 Å². The van der Waals surface area contributed by atoms with Crippen molar-refractivity contribution in [3.05, 3.63) is 72.3 Å². The van der Waals surface area contributed by atoms with E-state index in [2.05, 4.69) is 46.9 Å². The van der Waals surface area contributed by atoms with Gasteiger partial charge in [0, 0.05) is 30.2 Å². The summed E-state index contributed by atoms with van der Waals surface area (Å²) in [5.41, 5.74) is 0.243. The average Bonchev–Trinajstić information content (AvgIpc) is 3.60. The second-order valence-electron chi connectivity index (χ2n) is 14.2. The highest BCUT2D eigenvalue weighted by atomic mass is 31.2. The van der Waals surface area contributed by atoms with Gasteiger partial charge in [-0.05, 0) is 67.5 Å². The monoisotopic (exact) mass is 580 g/mol. The molecule has 0 aromatic heterocycles. The van der Waals surface area contributed by atoms with Crippen LogP contribution in [-0.4, -0.2) is 38.6 Å². The van der Waals surface area contributed by atoms with E-state index in [1.807, 2.05) is 60.7 Å². The van der Waals surface area contributed by atoms with Crippen LogP contribution in [0.5, 0.6) is 0 Å². The van der Waals surface area contributed by atoms with Crippen molar-refractivity contribution in [2.75, 3.05) is 13.7 Å². The second-order valence-corrected chi connectivity index (χ2v) is 21.8. The van der Waals surface area contributed by atoms with Crippen LogP contribution in [0.3, 0.4) is 0 Å². The van der Waals surface area contributed by atoms with E-state index in [-0.39, 0.29) is 22.3 Å². The van der Waals surface area contributed by atoms with Crippen LogP contribution in [0.4, 0.5) is 0 Å². The summed E-state index contributed by atoms with van der Waals surface area (Å²) in [4.78, 5) is 0. The van der Waals surface area contributed by atoms with Crippen molar-refractivity contribution in [2.45, 2.75) is 89.4 Å². The van der Waals surface area contributed by atoms with Crippen LogP contribution >= 0.6 is 7.14 Å². The molecule has 0 bridgehead atoms. The van der Waals surface area contributed by atoms with Gasteiger partial charge in [0.2, 0.25) is 0 Å². The van der Waals surface area contributed by atoms with Gasteiger partial charge in [0.1, 0.15) is 11.4 Å². The molecule has 3 aliphatic rings. The Morgan fingerprint density at radius 2 is 1.62 bits per heavy atom. The first-order valence-electron chi connectivity index (χ1n) is 15.1. The largest absolute Gasteiger partial charge is 0.417 e. The third-order valence-corrected chi connectivity index (χ3v) is 19.0. The van der Waals surface area contributed by atoms with Gasteiger partial charge >= 0.3 is 0 Å². The van der Waals surface area contributed by atoms with E-state index in [0.717, 1.165) is 42.7 Å². The molecule has 0 amide bonds. The Hall–Kier alpha value is -1.49. The van der Waals surface area contributed by atoms with Crippen molar-refractivity contribution in [3.8, 4) is 0 Å². The van der Waals surface area contributed by atoms with Crippen LogP contribution < -0.4 is 10.6 Å². The minimum atomic E-state index is -3.42. The molecule has 0 unspecified atom stereocenters. The maximum absolute atomic E-state index is 15.7. The number of benzene rings is 2. The Labute approximate surface area is 243 Å². The Morgan fingerprint density at radius 3 is 2.15 bits per heavy atom. The van der Waals surface area contributed by atoms with Gasteiger partial charge in [0.15, 0.2) is 15.5 Å². The van der Waals surface area contributed by atoms with Crippen LogP contribution in [0, 0.1) is 23.2 Å². The molecule has 2 aromatic carbocycles. The molecule has 0 aliphatic heterocycles. The molecule has 5 rings (SSSR count). The predicted molar refractivity (Wildman–Crippen MR) is 168 cm³/mol. The fourth-order valence-electron chi connectivity index (χ4n) is 7.84. The minimum Gasteiger partial charge on any atom is -0.417 e. The molecule has 40 heavy (non-hydrogen) atoms. The molecule has 0 saturated heterocycles. The Balaban J connectivity index is 1.62. The second kappa shape index (κ2) is 10.7. The van der Waals surface area contributed by atoms with E-state index < -0.39 is 26.9 Å². The average molecular weight is 581 g/mol. The van der Waals surface area contributed by atoms with E-state index >= 15 is 4.57 Å². The van der Waals surface area contributed by atoms with Crippen LogP contribution in [0.2, 0.25) is 18.1 Å². The van der Waals surface area contributed by atoms with Crippen molar-refractivity contribution in [2.24, 2.45) is 23.2 Å². The minimum absolute atomic E-state index is 0.00672. The van der Waals surface area contributed by atoms with Gasteiger partial charge < -0.3 is 18.8 Å². The van der Waals surface area contributed by atoms with Gasteiger partial charge in [-0.2, -0.15) is 0 Å². The summed E-state index contributed by atoms with van der Waals surface area (Å²) in [6, 6.07) is 19.5. The fourth-order valence-corrected chi connectivity index (χ4v) is 12.2. The van der Waals surface area contributed by atoms with E-state index in [0.29, 0.717) is 12.5 Å². The molecule has 2 aromatic rings. The zero-order valence-corrected chi connectivity index (χ0v) is 27.4. The van der Waals surface area contributed by atoms with E-state index in [1.54, 1.807) is 7.11 Å². The van der Waals surface area contributed by atoms with Crippen molar-refractivity contribution >= 4 is 26.1 Å². The predicted octanol–water partition coefficient (Wildman–Crippen LogP) is 7.50. The lowest BCUT2D eigenvalue weighted by molar-refractivity contribution is -0.122. The Morgan fingerprint density at radius 1 is 1.05 bits per heavy atom. The highest BCUT2D eigenvalue weighted by Gasteiger charge is 2.75. The molecule has 2 fully saturated rings. The number of hydrogen-bond acceptors (Lipinski definition) is 4. The third-order valence-electron chi connectivity index (χ3n) is 11.0. The highest BCUT2D eigenvalue weighted by molar-refractivity contribution is 7.79. The van der Waals surface area contributed by atoms with Gasteiger partial charge in [-0.1, -0.05) is 100 Å². The summed E-state index contributed by atoms with van der Waals surface area (Å²) in [5, 5.41) is 15.0. The number of allylic oxidation sites excluding steroid dienone is 2. The quantitative estimate of drug-likeness (QED) is 0.190. The molecule has 6 heteroatoms. The zero-order chi connectivity index (χ0) is 29.0. The number of rotatable bonds is 9. The van der Waals surface area contributed by atoms with Crippen molar-refractivity contribution in [1.82, 2.24) is 0 Å². The Bertz CT molecular complexity index is 1230. The molecule has 1 N–H and O–H groups in total. The van der Waals surface area contributed by atoms with Gasteiger partial charge in [-0.3, -0.25) is 0 Å². The third kappa shape index (κ3) is 4.74. The van der Waals surface area contributed by atoms with Gasteiger partial charge in [-0.15, -0.1) is 0 Å². The first kappa shape index (κ1) is 30.0. The summed E-state index contributed by atoms with van der Waals surface area (Å²) in [6.07, 6.45) is 7.12. The Kier molecular flexibility index (Phi) is 7.98. The van der Waals surface area contributed by atoms with Crippen LogP contribution in [-0.2, 0) is 13.7 Å².